The third-order valence-corrected chi connectivity index (χ3v) is 7.90. The van der Waals surface area contributed by atoms with Gasteiger partial charge < -0.3 is 53.8 Å². The second-order valence-electron chi connectivity index (χ2n) is 11.3. The highest BCUT2D eigenvalue weighted by atomic mass is 32.1. The lowest BCUT2D eigenvalue weighted by Gasteiger charge is -2.25. The lowest BCUT2D eigenvalue weighted by molar-refractivity contribution is -0.141. The number of rotatable bonds is 19. The zero-order valence-corrected chi connectivity index (χ0v) is 28.1. The SMILES string of the molecule is C[C@H](NC(=O)[C@H](CCCN=C(N)N)NC(=O)CNC(=O)[C@@H]1CCCN1C(=O)CN)C(=O)N[C@@H](Cc1ccccc1)C(=O)N[C@@H](CS)C(=O)O. The average Bonchev–Trinajstić information content (AvgIpc) is 3.57. The summed E-state index contributed by atoms with van der Waals surface area (Å²) in [6, 6.07) is 3.05. The van der Waals surface area contributed by atoms with Crippen molar-refractivity contribution in [3.8, 4) is 0 Å². The second kappa shape index (κ2) is 20.5. The molecule has 0 bridgehead atoms. The van der Waals surface area contributed by atoms with E-state index >= 15 is 0 Å². The lowest BCUT2D eigenvalue weighted by atomic mass is 10.0. The lowest BCUT2D eigenvalue weighted by Crippen LogP contribution is -2.58. The van der Waals surface area contributed by atoms with E-state index in [1.165, 1.54) is 11.8 Å². The number of hydrogen-bond donors (Lipinski definition) is 10. The molecule has 1 aliphatic heterocycles. The summed E-state index contributed by atoms with van der Waals surface area (Å²) in [6.07, 6.45) is 1.36. The maximum atomic E-state index is 13.3. The summed E-state index contributed by atoms with van der Waals surface area (Å²) in [5, 5.41) is 21.8. The van der Waals surface area contributed by atoms with Crippen LogP contribution in [0.3, 0.4) is 0 Å². The Bertz CT molecular complexity index is 1360. The van der Waals surface area contributed by atoms with Gasteiger partial charge in [-0.3, -0.25) is 33.8 Å². The van der Waals surface area contributed by atoms with Crippen LogP contribution in [0.25, 0.3) is 0 Å². The third-order valence-electron chi connectivity index (χ3n) is 7.54. The minimum atomic E-state index is -1.30. The van der Waals surface area contributed by atoms with E-state index in [0.29, 0.717) is 24.9 Å². The van der Waals surface area contributed by atoms with Gasteiger partial charge in [0.1, 0.15) is 30.2 Å². The van der Waals surface area contributed by atoms with Gasteiger partial charge in [-0.1, -0.05) is 30.3 Å². The quantitative estimate of drug-likeness (QED) is 0.0289. The molecule has 0 aliphatic carbocycles. The molecule has 12 N–H and O–H groups in total. The van der Waals surface area contributed by atoms with E-state index in [-0.39, 0.29) is 50.0 Å². The van der Waals surface area contributed by atoms with Gasteiger partial charge in [0.05, 0.1) is 13.1 Å². The van der Waals surface area contributed by atoms with Crippen LogP contribution in [0, 0.1) is 0 Å². The molecule has 0 saturated carbocycles. The molecule has 1 aliphatic rings. The standard InChI is InChI=1S/C30H46N10O8S/c1-17(25(43)38-20(13-18-7-3-2-4-8-18)27(45)39-21(16-49)29(47)48)36-26(44)19(9-5-11-34-30(32)33)37-23(41)15-35-28(46)22-10-6-12-40(22)24(42)14-31/h2-4,7-8,17,19-22,49H,5-6,9-16,31H2,1H3,(H,35,46)(H,36,44)(H,37,41)(H,38,43)(H,39,45)(H,47,48)(H4,32,33,34)/t17-,19-,20-,21-,22-/m0/s1. The highest BCUT2D eigenvalue weighted by molar-refractivity contribution is 7.80. The molecule has 6 amide bonds. The van der Waals surface area contributed by atoms with E-state index in [9.17, 15) is 38.7 Å². The van der Waals surface area contributed by atoms with Crippen molar-refractivity contribution in [3.63, 3.8) is 0 Å². The molecule has 0 radical (unpaired) electrons. The molecule has 49 heavy (non-hydrogen) atoms. The number of aliphatic imine (C=N–C) groups is 1. The fourth-order valence-corrected chi connectivity index (χ4v) is 5.20. The maximum Gasteiger partial charge on any atom is 0.327 e. The Morgan fingerprint density at radius 1 is 0.959 bits per heavy atom. The van der Waals surface area contributed by atoms with Gasteiger partial charge in [0, 0.05) is 25.3 Å². The normalized spacial score (nSPS) is 16.2. The van der Waals surface area contributed by atoms with Crippen LogP contribution in [-0.4, -0.2) is 120 Å². The molecule has 270 valence electrons. The molecular weight excluding hydrogens is 660 g/mol. The van der Waals surface area contributed by atoms with Crippen molar-refractivity contribution < 1.29 is 38.7 Å². The van der Waals surface area contributed by atoms with Crippen molar-refractivity contribution in [2.24, 2.45) is 22.2 Å². The summed E-state index contributed by atoms with van der Waals surface area (Å²) >= 11 is 3.96. The number of benzene rings is 1. The van der Waals surface area contributed by atoms with Crippen molar-refractivity contribution in [2.75, 3.05) is 31.9 Å². The summed E-state index contributed by atoms with van der Waals surface area (Å²) in [5.74, 6) is -5.55. The van der Waals surface area contributed by atoms with Gasteiger partial charge in [0.2, 0.25) is 35.4 Å². The Hall–Kier alpha value is -4.91. The summed E-state index contributed by atoms with van der Waals surface area (Å²) in [4.78, 5) is 93.8. The zero-order valence-electron chi connectivity index (χ0n) is 27.2. The molecule has 2 rings (SSSR count). The predicted octanol–water partition coefficient (Wildman–Crippen LogP) is -3.68. The third kappa shape index (κ3) is 13.6. The van der Waals surface area contributed by atoms with Gasteiger partial charge in [-0.15, -0.1) is 0 Å². The molecule has 0 unspecified atom stereocenters. The molecule has 1 aromatic rings. The van der Waals surface area contributed by atoms with Gasteiger partial charge >= 0.3 is 5.97 Å². The highest BCUT2D eigenvalue weighted by Gasteiger charge is 2.34. The largest absolute Gasteiger partial charge is 0.480 e. The van der Waals surface area contributed by atoms with Crippen molar-refractivity contribution in [3.05, 3.63) is 35.9 Å². The number of aliphatic carboxylic acids is 1. The minimum absolute atomic E-state index is 0.0200. The number of carboxylic acid groups (broad SMARTS) is 1. The Morgan fingerprint density at radius 2 is 1.61 bits per heavy atom. The zero-order chi connectivity index (χ0) is 36.5. The van der Waals surface area contributed by atoms with E-state index in [0.717, 1.165) is 0 Å². The van der Waals surface area contributed by atoms with Crippen molar-refractivity contribution in [2.45, 2.75) is 69.2 Å². The smallest absolute Gasteiger partial charge is 0.327 e. The predicted molar refractivity (Wildman–Crippen MR) is 182 cm³/mol. The van der Waals surface area contributed by atoms with E-state index in [4.69, 9.17) is 17.2 Å². The summed E-state index contributed by atoms with van der Waals surface area (Å²) in [5.41, 5.74) is 16.8. The van der Waals surface area contributed by atoms with Crippen LogP contribution >= 0.6 is 12.6 Å². The molecule has 1 heterocycles. The maximum absolute atomic E-state index is 13.3. The second-order valence-corrected chi connectivity index (χ2v) is 11.7. The molecule has 1 fully saturated rings. The number of nitrogens with one attached hydrogen (secondary N) is 5. The van der Waals surface area contributed by atoms with E-state index < -0.39 is 72.3 Å². The van der Waals surface area contributed by atoms with E-state index in [2.05, 4.69) is 44.2 Å². The summed E-state index contributed by atoms with van der Waals surface area (Å²) < 4.78 is 0. The Balaban J connectivity index is 2.09. The van der Waals surface area contributed by atoms with Crippen LogP contribution < -0.4 is 43.8 Å². The number of carboxylic acids is 1. The first-order valence-corrected chi connectivity index (χ1v) is 16.3. The number of nitrogens with zero attached hydrogens (tertiary/aromatic N) is 2. The van der Waals surface area contributed by atoms with Crippen LogP contribution in [0.4, 0.5) is 0 Å². The molecule has 1 aromatic carbocycles. The van der Waals surface area contributed by atoms with Gasteiger partial charge in [0.15, 0.2) is 5.96 Å². The number of guanidine groups is 1. The molecule has 0 aromatic heterocycles. The fourth-order valence-electron chi connectivity index (χ4n) is 4.95. The molecule has 0 spiro atoms. The number of nitrogens with two attached hydrogens (primary N) is 3. The first kappa shape index (κ1) is 40.3. The van der Waals surface area contributed by atoms with Crippen LogP contribution in [0.5, 0.6) is 0 Å². The van der Waals surface area contributed by atoms with Crippen molar-refractivity contribution >= 4 is 60.0 Å². The average molecular weight is 707 g/mol. The van der Waals surface area contributed by atoms with E-state index in [1.807, 2.05) is 0 Å². The van der Waals surface area contributed by atoms with Crippen LogP contribution in [0.1, 0.15) is 38.2 Å². The molecular formula is C30H46N10O8S. The van der Waals surface area contributed by atoms with Gasteiger partial charge in [0.25, 0.3) is 0 Å². The Kier molecular flexibility index (Phi) is 16.8. The van der Waals surface area contributed by atoms with Crippen molar-refractivity contribution in [1.29, 1.82) is 0 Å². The molecule has 18 nitrogen and oxygen atoms in total. The van der Waals surface area contributed by atoms with Gasteiger partial charge in [-0.2, -0.15) is 12.6 Å². The highest BCUT2D eigenvalue weighted by Crippen LogP contribution is 2.17. The molecule has 19 heteroatoms. The molecule has 1 saturated heterocycles. The summed E-state index contributed by atoms with van der Waals surface area (Å²) in [6.45, 7) is 1.14. The number of amides is 6. The fraction of sp³-hybridized carbons (Fsp3) is 0.533. The van der Waals surface area contributed by atoms with Crippen LogP contribution in [0.2, 0.25) is 0 Å². The topological polar surface area (TPSA) is 294 Å². The van der Waals surface area contributed by atoms with Gasteiger partial charge in [-0.05, 0) is 38.2 Å². The first-order valence-electron chi connectivity index (χ1n) is 15.7. The first-order chi connectivity index (χ1) is 23.3. The van der Waals surface area contributed by atoms with Crippen LogP contribution in [0.15, 0.2) is 35.3 Å². The minimum Gasteiger partial charge on any atom is -0.480 e. The number of hydrogen-bond acceptors (Lipinski definition) is 10. The monoisotopic (exact) mass is 706 g/mol. The van der Waals surface area contributed by atoms with E-state index in [1.54, 1.807) is 30.3 Å². The number of likely N-dealkylation sites (tertiary alicyclic amines) is 1. The summed E-state index contributed by atoms with van der Waals surface area (Å²) in [7, 11) is 0. The van der Waals surface area contributed by atoms with Crippen molar-refractivity contribution in [1.82, 2.24) is 31.5 Å². The Morgan fingerprint density at radius 3 is 2.22 bits per heavy atom. The van der Waals surface area contributed by atoms with Crippen LogP contribution in [-0.2, 0) is 40.0 Å². The molecule has 5 atom stereocenters. The number of carbonyl (C=O) groups excluding carboxylic acids is 6. The Labute approximate surface area is 289 Å². The number of thiol groups is 1. The number of carbonyl (C=O) groups is 7. The van der Waals surface area contributed by atoms with Gasteiger partial charge in [-0.25, -0.2) is 4.79 Å².